The number of thiazole rings is 1. The molecule has 2 fully saturated rings. The van der Waals surface area contributed by atoms with Crippen molar-refractivity contribution < 1.29 is 24.0 Å². The number of nitrogens with zero attached hydrogens (tertiary/aromatic N) is 3. The molecule has 4 heterocycles. The Morgan fingerprint density at radius 3 is 2.38 bits per heavy atom. The van der Waals surface area contributed by atoms with Crippen LogP contribution < -0.4 is 14.5 Å². The van der Waals surface area contributed by atoms with Crippen LogP contribution in [-0.4, -0.2) is 57.5 Å². The molecule has 3 aliphatic rings. The number of carbonyl (C=O) groups excluding carboxylic acids is 3. The summed E-state index contributed by atoms with van der Waals surface area (Å²) in [5.74, 6) is -1.76. The second-order valence-electron chi connectivity index (χ2n) is 9.83. The first-order valence-corrected chi connectivity index (χ1v) is 14.5. The maximum absolute atomic E-state index is 13.8. The number of likely N-dealkylation sites (tertiary alicyclic amines) is 1. The second kappa shape index (κ2) is 10.5. The summed E-state index contributed by atoms with van der Waals surface area (Å²) >= 11 is 2.17. The quantitative estimate of drug-likeness (QED) is 0.265. The van der Waals surface area contributed by atoms with Crippen molar-refractivity contribution in [3.63, 3.8) is 0 Å². The van der Waals surface area contributed by atoms with Gasteiger partial charge in [-0.3, -0.25) is 29.3 Å². The molecule has 0 radical (unpaired) electrons. The third-order valence-electron chi connectivity index (χ3n) is 7.45. The van der Waals surface area contributed by atoms with E-state index in [1.165, 1.54) is 24.3 Å². The number of imide groups is 1. The number of rotatable bonds is 6. The highest BCUT2D eigenvalue weighted by Gasteiger charge is 2.56. The summed E-state index contributed by atoms with van der Waals surface area (Å²) in [4.78, 5) is 68.6. The first-order chi connectivity index (χ1) is 19.3. The van der Waals surface area contributed by atoms with E-state index >= 15 is 0 Å². The highest BCUT2D eigenvalue weighted by Crippen LogP contribution is 2.53. The lowest BCUT2D eigenvalue weighted by molar-refractivity contribution is -0.384. The lowest BCUT2D eigenvalue weighted by atomic mass is 9.83. The molecule has 2 aromatic carbocycles. The molecule has 0 spiro atoms. The Labute approximate surface area is 236 Å². The number of nitrogens with one attached hydrogen (secondary N) is 1. The summed E-state index contributed by atoms with van der Waals surface area (Å²) in [6, 6.07) is 12.3. The first-order valence-electron chi connectivity index (χ1n) is 12.8. The monoisotopic (exact) mass is 580 g/mol. The van der Waals surface area contributed by atoms with Gasteiger partial charge in [-0.15, -0.1) is 0 Å². The number of thioether (sulfide) groups is 1. The average Bonchev–Trinajstić information content (AvgIpc) is 3.46. The number of anilines is 1. The SMILES string of the molecule is O=C(COc1ccc([C@@H]2c3sc(=O)[nH]c3S[C@H]3C(=O)N(c4ccc([N+](=O)[O-])cc4)C(=O)[C@@H]23)cc1)N1CCCCC1. The molecule has 0 bridgehead atoms. The lowest BCUT2D eigenvalue weighted by Gasteiger charge is -2.30. The van der Waals surface area contributed by atoms with Gasteiger partial charge in [0.2, 0.25) is 11.8 Å². The van der Waals surface area contributed by atoms with Gasteiger partial charge in [-0.25, -0.2) is 4.90 Å². The normalized spacial score (nSPS) is 22.1. The van der Waals surface area contributed by atoms with E-state index in [1.807, 2.05) is 4.90 Å². The summed E-state index contributed by atoms with van der Waals surface area (Å²) in [5.41, 5.74) is 0.841. The van der Waals surface area contributed by atoms with Gasteiger partial charge in [0.1, 0.15) is 11.0 Å². The van der Waals surface area contributed by atoms with Gasteiger partial charge in [-0.1, -0.05) is 35.2 Å². The largest absolute Gasteiger partial charge is 0.484 e. The number of hydrogen-bond acceptors (Lipinski definition) is 9. The smallest absolute Gasteiger partial charge is 0.305 e. The van der Waals surface area contributed by atoms with Gasteiger partial charge in [0.25, 0.3) is 11.6 Å². The molecule has 11 nitrogen and oxygen atoms in total. The summed E-state index contributed by atoms with van der Waals surface area (Å²) in [6.45, 7) is 1.43. The summed E-state index contributed by atoms with van der Waals surface area (Å²) in [5, 5.41) is 10.8. The first kappa shape index (κ1) is 26.3. The molecule has 3 aliphatic heterocycles. The fraction of sp³-hybridized carbons (Fsp3) is 0.333. The molecule has 3 aromatic rings. The third-order valence-corrected chi connectivity index (χ3v) is 9.85. The van der Waals surface area contributed by atoms with Crippen molar-refractivity contribution in [1.82, 2.24) is 9.88 Å². The molecule has 0 unspecified atom stereocenters. The number of aromatic amines is 1. The number of amides is 3. The number of H-pyrrole nitrogens is 1. The van der Waals surface area contributed by atoms with Crippen molar-refractivity contribution in [1.29, 1.82) is 0 Å². The fourth-order valence-electron chi connectivity index (χ4n) is 5.51. The van der Waals surface area contributed by atoms with Crippen LogP contribution in [0.15, 0.2) is 58.4 Å². The van der Waals surface area contributed by atoms with Crippen molar-refractivity contribution in [3.05, 3.63) is 78.8 Å². The molecule has 40 heavy (non-hydrogen) atoms. The van der Waals surface area contributed by atoms with Crippen LogP contribution in [0.3, 0.4) is 0 Å². The zero-order valence-electron chi connectivity index (χ0n) is 21.1. The van der Waals surface area contributed by atoms with Crippen LogP contribution >= 0.6 is 23.1 Å². The number of nitro benzene ring substituents is 1. The molecule has 1 N–H and O–H groups in total. The second-order valence-corrected chi connectivity index (χ2v) is 12.0. The minimum Gasteiger partial charge on any atom is -0.484 e. The van der Waals surface area contributed by atoms with E-state index in [-0.39, 0.29) is 28.8 Å². The predicted molar refractivity (Wildman–Crippen MR) is 148 cm³/mol. The number of ether oxygens (including phenoxy) is 1. The predicted octanol–water partition coefficient (Wildman–Crippen LogP) is 3.53. The summed E-state index contributed by atoms with van der Waals surface area (Å²) in [6.07, 6.45) is 3.13. The van der Waals surface area contributed by atoms with E-state index in [1.54, 1.807) is 24.3 Å². The Morgan fingerprint density at radius 2 is 1.70 bits per heavy atom. The fourth-order valence-corrected chi connectivity index (χ4v) is 8.02. The molecule has 206 valence electrons. The van der Waals surface area contributed by atoms with E-state index in [0.717, 1.165) is 65.9 Å². The van der Waals surface area contributed by atoms with Crippen LogP contribution in [-0.2, 0) is 14.4 Å². The highest BCUT2D eigenvalue weighted by atomic mass is 32.2. The average molecular weight is 581 g/mol. The van der Waals surface area contributed by atoms with Crippen molar-refractivity contribution in [3.8, 4) is 5.75 Å². The van der Waals surface area contributed by atoms with E-state index in [4.69, 9.17) is 4.74 Å². The number of carbonyl (C=O) groups is 3. The Bertz CT molecular complexity index is 1540. The zero-order chi connectivity index (χ0) is 28.0. The minimum absolute atomic E-state index is 0.0564. The van der Waals surface area contributed by atoms with E-state index < -0.39 is 33.8 Å². The zero-order valence-corrected chi connectivity index (χ0v) is 22.7. The molecular weight excluding hydrogens is 556 g/mol. The Balaban J connectivity index is 1.27. The van der Waals surface area contributed by atoms with Crippen molar-refractivity contribution >= 4 is 52.2 Å². The third kappa shape index (κ3) is 4.68. The lowest BCUT2D eigenvalue weighted by Crippen LogP contribution is -2.38. The van der Waals surface area contributed by atoms with Gasteiger partial charge < -0.3 is 14.6 Å². The van der Waals surface area contributed by atoms with Crippen LogP contribution in [0.4, 0.5) is 11.4 Å². The van der Waals surface area contributed by atoms with Gasteiger partial charge in [-0.05, 0) is 49.1 Å². The molecule has 6 rings (SSSR count). The maximum atomic E-state index is 13.8. The van der Waals surface area contributed by atoms with Crippen LogP contribution in [0.1, 0.15) is 35.6 Å². The van der Waals surface area contributed by atoms with Gasteiger partial charge >= 0.3 is 4.87 Å². The molecule has 2 saturated heterocycles. The molecule has 1 aromatic heterocycles. The van der Waals surface area contributed by atoms with E-state index in [0.29, 0.717) is 15.7 Å². The van der Waals surface area contributed by atoms with Gasteiger partial charge in [0.05, 0.1) is 21.6 Å². The number of benzene rings is 2. The van der Waals surface area contributed by atoms with Crippen molar-refractivity contribution in [2.24, 2.45) is 5.92 Å². The number of nitro groups is 1. The molecule has 3 amide bonds. The van der Waals surface area contributed by atoms with E-state index in [2.05, 4.69) is 4.98 Å². The molecular formula is C27H24N4O7S2. The Kier molecular flexibility index (Phi) is 6.92. The Morgan fingerprint density at radius 1 is 1.00 bits per heavy atom. The van der Waals surface area contributed by atoms with Crippen molar-refractivity contribution in [2.75, 3.05) is 24.6 Å². The van der Waals surface area contributed by atoms with Gasteiger partial charge in [-0.2, -0.15) is 0 Å². The summed E-state index contributed by atoms with van der Waals surface area (Å²) in [7, 11) is 0. The summed E-state index contributed by atoms with van der Waals surface area (Å²) < 4.78 is 5.74. The maximum Gasteiger partial charge on any atom is 0.305 e. The van der Waals surface area contributed by atoms with E-state index in [9.17, 15) is 29.3 Å². The number of aromatic nitrogens is 1. The number of non-ortho nitro benzene ring substituents is 1. The molecule has 13 heteroatoms. The van der Waals surface area contributed by atoms with Gasteiger partial charge in [0.15, 0.2) is 6.61 Å². The van der Waals surface area contributed by atoms with Gasteiger partial charge in [0, 0.05) is 36.0 Å². The standard InChI is InChI=1S/C27H24N4O7S2/c32-19(29-12-2-1-3-13-29)14-38-18-10-4-15(5-11-18)20-21-23(39-24-22(20)40-27(35)28-24)26(34)30(25(21)33)16-6-8-17(9-7-16)31(36)37/h4-11,20-21,23H,1-3,12-14H2,(H,28,35)/t20-,21-,23+/m0/s1. The molecule has 0 aliphatic carbocycles. The number of hydrogen-bond donors (Lipinski definition) is 1. The number of fused-ring (bicyclic) bond motifs is 2. The topological polar surface area (TPSA) is 143 Å². The molecule has 3 atom stereocenters. The van der Waals surface area contributed by atoms with Crippen molar-refractivity contribution in [2.45, 2.75) is 35.5 Å². The minimum atomic E-state index is -0.779. The Hall–Kier alpha value is -3.97. The number of piperidine rings is 1. The molecule has 0 saturated carbocycles. The van der Waals surface area contributed by atoms with Crippen LogP contribution in [0.5, 0.6) is 5.75 Å². The van der Waals surface area contributed by atoms with Crippen LogP contribution in [0.25, 0.3) is 0 Å². The van der Waals surface area contributed by atoms with Crippen LogP contribution in [0.2, 0.25) is 0 Å². The van der Waals surface area contributed by atoms with Crippen LogP contribution in [0, 0.1) is 16.0 Å². The highest BCUT2D eigenvalue weighted by molar-refractivity contribution is 8.00.